The third-order valence-corrected chi connectivity index (χ3v) is 5.87. The molecule has 170 valence electrons. The van der Waals surface area contributed by atoms with Crippen molar-refractivity contribution in [2.24, 2.45) is 7.05 Å². The first-order valence-electron chi connectivity index (χ1n) is 10.5. The van der Waals surface area contributed by atoms with Crippen LogP contribution in [0.25, 0.3) is 5.69 Å². The van der Waals surface area contributed by atoms with Gasteiger partial charge in [0.15, 0.2) is 0 Å². The van der Waals surface area contributed by atoms with E-state index in [1.807, 2.05) is 36.7 Å². The molecule has 0 spiro atoms. The summed E-state index contributed by atoms with van der Waals surface area (Å²) >= 11 is 0. The van der Waals surface area contributed by atoms with Crippen LogP contribution < -0.4 is 11.2 Å². The molecule has 2 heterocycles. The fourth-order valence-corrected chi connectivity index (χ4v) is 4.01. The zero-order valence-corrected chi connectivity index (χ0v) is 18.9. The second kappa shape index (κ2) is 8.63. The second-order valence-electron chi connectivity index (χ2n) is 8.25. The minimum absolute atomic E-state index is 0.0803. The molecule has 1 N–H and O–H groups in total. The van der Waals surface area contributed by atoms with Crippen LogP contribution in [0.2, 0.25) is 0 Å². The van der Waals surface area contributed by atoms with Crippen molar-refractivity contribution in [3.05, 3.63) is 116 Å². The summed E-state index contributed by atoms with van der Waals surface area (Å²) in [6.07, 6.45) is 3.76. The van der Waals surface area contributed by atoms with Crippen LogP contribution >= 0.6 is 0 Å². The van der Waals surface area contributed by atoms with E-state index in [-0.39, 0.29) is 5.56 Å². The molecular formula is C25H25FN4O3. The average molecular weight is 448 g/mol. The SMILES string of the molecule is Cc1cn(-c2ccc(C(O)c3cn(C)c(=O)n(C(C)c4ccc(F)cc4)c3=O)cc2C)cn1. The average Bonchev–Trinajstić information content (AvgIpc) is 3.22. The van der Waals surface area contributed by atoms with E-state index >= 15 is 0 Å². The molecule has 0 bridgehead atoms. The second-order valence-corrected chi connectivity index (χ2v) is 8.25. The molecule has 2 atom stereocenters. The highest BCUT2D eigenvalue weighted by molar-refractivity contribution is 5.45. The summed E-state index contributed by atoms with van der Waals surface area (Å²) in [5, 5.41) is 11.1. The highest BCUT2D eigenvalue weighted by Crippen LogP contribution is 2.24. The van der Waals surface area contributed by atoms with Gasteiger partial charge in [-0.3, -0.25) is 9.36 Å². The van der Waals surface area contributed by atoms with E-state index in [4.69, 9.17) is 0 Å². The third-order valence-electron chi connectivity index (χ3n) is 5.87. The largest absolute Gasteiger partial charge is 0.383 e. The molecule has 0 fully saturated rings. The molecule has 8 heteroatoms. The highest BCUT2D eigenvalue weighted by atomic mass is 19.1. The van der Waals surface area contributed by atoms with Crippen molar-refractivity contribution in [3.8, 4) is 5.69 Å². The Hall–Kier alpha value is -3.78. The predicted octanol–water partition coefficient (Wildman–Crippen LogP) is 3.18. The Morgan fingerprint density at radius 3 is 2.27 bits per heavy atom. The maximum Gasteiger partial charge on any atom is 0.331 e. The van der Waals surface area contributed by atoms with Crippen molar-refractivity contribution < 1.29 is 9.50 Å². The van der Waals surface area contributed by atoms with Crippen molar-refractivity contribution >= 4 is 0 Å². The van der Waals surface area contributed by atoms with Gasteiger partial charge in [-0.25, -0.2) is 14.2 Å². The molecule has 0 aliphatic rings. The standard InChI is InChI=1S/C25H25FN4O3/c1-15-11-19(7-10-22(15)29-12-16(2)27-14-29)23(31)21-13-28(4)25(33)30(24(21)32)17(3)18-5-8-20(26)9-6-18/h5-14,17,23,31H,1-4H3. The molecule has 2 aromatic heterocycles. The molecule has 0 aliphatic carbocycles. The van der Waals surface area contributed by atoms with Gasteiger partial charge in [-0.2, -0.15) is 0 Å². The smallest absolute Gasteiger partial charge is 0.331 e. The van der Waals surface area contributed by atoms with E-state index in [0.29, 0.717) is 11.1 Å². The van der Waals surface area contributed by atoms with E-state index in [1.165, 1.54) is 42.1 Å². The predicted molar refractivity (Wildman–Crippen MR) is 123 cm³/mol. The number of rotatable bonds is 5. The van der Waals surface area contributed by atoms with Crippen molar-refractivity contribution in [2.45, 2.75) is 32.9 Å². The summed E-state index contributed by atoms with van der Waals surface area (Å²) in [4.78, 5) is 30.4. The summed E-state index contributed by atoms with van der Waals surface area (Å²) in [5.41, 5.74) is 2.81. The summed E-state index contributed by atoms with van der Waals surface area (Å²) in [5.74, 6) is -0.403. The Kier molecular flexibility index (Phi) is 5.86. The lowest BCUT2D eigenvalue weighted by molar-refractivity contribution is 0.216. The highest BCUT2D eigenvalue weighted by Gasteiger charge is 2.22. The van der Waals surface area contributed by atoms with Crippen LogP contribution in [0.15, 0.2) is 70.8 Å². The first-order chi connectivity index (χ1) is 15.7. The van der Waals surface area contributed by atoms with E-state index in [1.54, 1.807) is 19.3 Å². The molecule has 0 radical (unpaired) electrons. The van der Waals surface area contributed by atoms with Gasteiger partial charge < -0.3 is 14.2 Å². The monoisotopic (exact) mass is 448 g/mol. The maximum absolute atomic E-state index is 13.3. The van der Waals surface area contributed by atoms with Crippen molar-refractivity contribution in [1.82, 2.24) is 18.7 Å². The van der Waals surface area contributed by atoms with Crippen LogP contribution in [0.3, 0.4) is 0 Å². The number of imidazole rings is 1. The number of aryl methyl sites for hydroxylation is 3. The minimum atomic E-state index is -1.23. The van der Waals surface area contributed by atoms with Crippen LogP contribution in [-0.2, 0) is 7.05 Å². The van der Waals surface area contributed by atoms with Gasteiger partial charge in [0, 0.05) is 25.1 Å². The first kappa shape index (κ1) is 22.4. The van der Waals surface area contributed by atoms with Gasteiger partial charge in [0.1, 0.15) is 11.9 Å². The number of hydrogen-bond acceptors (Lipinski definition) is 4. The molecular weight excluding hydrogens is 423 g/mol. The van der Waals surface area contributed by atoms with Crippen molar-refractivity contribution in [2.75, 3.05) is 0 Å². The van der Waals surface area contributed by atoms with E-state index in [9.17, 15) is 19.1 Å². The fraction of sp³-hybridized carbons (Fsp3) is 0.240. The van der Waals surface area contributed by atoms with Gasteiger partial charge in [-0.15, -0.1) is 0 Å². The molecule has 7 nitrogen and oxygen atoms in total. The van der Waals surface area contributed by atoms with Gasteiger partial charge in [-0.05, 0) is 55.7 Å². The van der Waals surface area contributed by atoms with Gasteiger partial charge in [0.05, 0.1) is 23.6 Å². The lowest BCUT2D eigenvalue weighted by atomic mass is 10.0. The van der Waals surface area contributed by atoms with E-state index in [2.05, 4.69) is 4.98 Å². The van der Waals surface area contributed by atoms with Crippen molar-refractivity contribution in [3.63, 3.8) is 0 Å². The van der Waals surface area contributed by atoms with Crippen LogP contribution in [0.1, 0.15) is 47.0 Å². The number of aliphatic hydroxyl groups excluding tert-OH is 1. The number of aromatic nitrogens is 4. The fourth-order valence-electron chi connectivity index (χ4n) is 4.01. The molecule has 0 saturated carbocycles. The summed E-state index contributed by atoms with van der Waals surface area (Å²) < 4.78 is 17.6. The van der Waals surface area contributed by atoms with Gasteiger partial charge in [0.2, 0.25) is 0 Å². The zero-order chi connectivity index (χ0) is 23.9. The Morgan fingerprint density at radius 2 is 1.67 bits per heavy atom. The third kappa shape index (κ3) is 4.17. The lowest BCUT2D eigenvalue weighted by Crippen LogP contribution is -2.43. The van der Waals surface area contributed by atoms with Crippen LogP contribution in [0.5, 0.6) is 0 Å². The Bertz CT molecular complexity index is 1430. The van der Waals surface area contributed by atoms with E-state index in [0.717, 1.165) is 21.5 Å². The molecule has 4 rings (SSSR count). The topological polar surface area (TPSA) is 82.0 Å². The number of halogens is 1. The van der Waals surface area contributed by atoms with Gasteiger partial charge in [-0.1, -0.05) is 24.3 Å². The summed E-state index contributed by atoms with van der Waals surface area (Å²) in [6, 6.07) is 10.4. The lowest BCUT2D eigenvalue weighted by Gasteiger charge is -2.20. The molecule has 33 heavy (non-hydrogen) atoms. The van der Waals surface area contributed by atoms with Crippen molar-refractivity contribution in [1.29, 1.82) is 0 Å². The van der Waals surface area contributed by atoms with Gasteiger partial charge >= 0.3 is 5.69 Å². The minimum Gasteiger partial charge on any atom is -0.383 e. The normalized spacial score (nSPS) is 13.2. The molecule has 0 saturated heterocycles. The molecule has 2 aromatic carbocycles. The first-order valence-corrected chi connectivity index (χ1v) is 10.5. The zero-order valence-electron chi connectivity index (χ0n) is 18.9. The Morgan fingerprint density at radius 1 is 1.00 bits per heavy atom. The number of aliphatic hydroxyl groups is 1. The Balaban J connectivity index is 1.76. The number of hydrogen-bond donors (Lipinski definition) is 1. The van der Waals surface area contributed by atoms with E-state index < -0.39 is 29.2 Å². The van der Waals surface area contributed by atoms with Crippen LogP contribution in [-0.4, -0.2) is 23.8 Å². The van der Waals surface area contributed by atoms with Gasteiger partial charge in [0.25, 0.3) is 5.56 Å². The summed E-state index contributed by atoms with van der Waals surface area (Å²) in [7, 11) is 1.53. The molecule has 0 amide bonds. The van der Waals surface area contributed by atoms with Crippen LogP contribution in [0.4, 0.5) is 4.39 Å². The molecule has 0 aliphatic heterocycles. The summed E-state index contributed by atoms with van der Waals surface area (Å²) in [6.45, 7) is 5.51. The van der Waals surface area contributed by atoms with Crippen LogP contribution in [0, 0.1) is 19.7 Å². The Labute approximate surface area is 190 Å². The number of benzene rings is 2. The quantitative estimate of drug-likeness (QED) is 0.509. The molecule has 2 unspecified atom stereocenters. The number of nitrogens with zero attached hydrogens (tertiary/aromatic N) is 4. The molecule has 4 aromatic rings. The maximum atomic E-state index is 13.3.